The van der Waals surface area contributed by atoms with Gasteiger partial charge in [-0.2, -0.15) is 16.0 Å². The predicted octanol–water partition coefficient (Wildman–Crippen LogP) is 3.40. The summed E-state index contributed by atoms with van der Waals surface area (Å²) in [6.07, 6.45) is 9.29. The average Bonchev–Trinajstić information content (AvgIpc) is 2.65. The maximum atomic E-state index is 12.6. The molecule has 1 aliphatic rings. The minimum atomic E-state index is -5.55. The zero-order chi connectivity index (χ0) is 22.9. The molecule has 0 N–H and O–H groups in total. The smallest absolute Gasteiger partial charge is 0.331 e. The predicted molar refractivity (Wildman–Crippen MR) is 111 cm³/mol. The third-order valence-corrected chi connectivity index (χ3v) is 9.62. The molecule has 2 rings (SSSR count). The summed E-state index contributed by atoms with van der Waals surface area (Å²) in [6, 6.07) is 0.987. The van der Waals surface area contributed by atoms with E-state index >= 15 is 0 Å². The molecular formula is C15H21N3O9S3. The largest absolute Gasteiger partial charge is 0.744 e. The van der Waals surface area contributed by atoms with E-state index < -0.39 is 52.2 Å². The molecular weight excluding hydrogens is 462 g/mol. The molecule has 1 aromatic rings. The SMILES string of the molecule is CSC1CCCCC1S(C)(C)O[N+](=O)c1cc([N+](=O)[O-])c(S(=O)(=O)[O-])c([N+](=O)[O-])c1. The minimum absolute atomic E-state index is 0.0592. The summed E-state index contributed by atoms with van der Waals surface area (Å²) in [5.41, 5.74) is -3.35. The van der Waals surface area contributed by atoms with Gasteiger partial charge in [-0.3, -0.25) is 20.2 Å². The van der Waals surface area contributed by atoms with Crippen LogP contribution in [0, 0.1) is 25.1 Å². The molecule has 1 aliphatic carbocycles. The lowest BCUT2D eigenvalue weighted by Crippen LogP contribution is -2.33. The first-order valence-electron chi connectivity index (χ1n) is 8.64. The highest BCUT2D eigenvalue weighted by molar-refractivity contribution is 8.29. The number of nitro groups is 2. The van der Waals surface area contributed by atoms with E-state index in [2.05, 4.69) is 0 Å². The molecule has 0 heterocycles. The van der Waals surface area contributed by atoms with Crippen molar-refractivity contribution in [3.63, 3.8) is 0 Å². The summed E-state index contributed by atoms with van der Waals surface area (Å²) in [5.74, 6) is 0. The Kier molecular flexibility index (Phi) is 7.32. The zero-order valence-corrected chi connectivity index (χ0v) is 18.8. The Labute approximate surface area is 178 Å². The first kappa shape index (κ1) is 24.3. The van der Waals surface area contributed by atoms with E-state index in [4.69, 9.17) is 4.28 Å². The molecule has 15 heteroatoms. The molecule has 2 unspecified atom stereocenters. The van der Waals surface area contributed by atoms with E-state index in [-0.39, 0.29) is 15.4 Å². The molecule has 0 saturated heterocycles. The van der Waals surface area contributed by atoms with Crippen molar-refractivity contribution in [2.75, 3.05) is 18.8 Å². The topological polar surface area (TPSA) is 173 Å². The van der Waals surface area contributed by atoms with Crippen molar-refractivity contribution >= 4 is 49.3 Å². The standard InChI is InChI=1S/C15H21N3O9S3/c1-28-13-6-4-5-7-14(13)29(2,3)27-18(23)10-8-11(16(19)20)15(30(24,25)26)12(9-10)17(21)22/h8-9,13-14H,4-7H2,1-3H3. The van der Waals surface area contributed by atoms with Crippen LogP contribution in [0.25, 0.3) is 0 Å². The molecule has 168 valence electrons. The van der Waals surface area contributed by atoms with Crippen molar-refractivity contribution in [1.29, 1.82) is 0 Å². The number of benzene rings is 1. The lowest BCUT2D eigenvalue weighted by Gasteiger charge is -2.40. The van der Waals surface area contributed by atoms with Crippen molar-refractivity contribution in [2.24, 2.45) is 0 Å². The highest BCUT2D eigenvalue weighted by Crippen LogP contribution is 2.55. The van der Waals surface area contributed by atoms with Gasteiger partial charge < -0.3 is 4.55 Å². The molecule has 0 aromatic heterocycles. The highest BCUT2D eigenvalue weighted by Gasteiger charge is 2.42. The number of hydrogen-bond acceptors (Lipinski definition) is 10. The molecule has 0 spiro atoms. The fourth-order valence-electron chi connectivity index (χ4n) is 3.47. The minimum Gasteiger partial charge on any atom is -0.744 e. The molecule has 1 aromatic carbocycles. The van der Waals surface area contributed by atoms with E-state index in [0.29, 0.717) is 12.1 Å². The van der Waals surface area contributed by atoms with E-state index in [0.717, 1.165) is 25.7 Å². The summed E-state index contributed by atoms with van der Waals surface area (Å²) in [7, 11) is -7.58. The van der Waals surface area contributed by atoms with E-state index in [1.165, 1.54) is 0 Å². The summed E-state index contributed by atoms with van der Waals surface area (Å²) < 4.78 is 39.7. The van der Waals surface area contributed by atoms with Crippen molar-refractivity contribution in [3.8, 4) is 0 Å². The van der Waals surface area contributed by atoms with E-state index in [1.54, 1.807) is 24.3 Å². The van der Waals surface area contributed by atoms with Crippen LogP contribution in [0.3, 0.4) is 0 Å². The number of hydrogen-bond donors (Lipinski definition) is 0. The van der Waals surface area contributed by atoms with E-state index in [1.807, 2.05) is 6.26 Å². The van der Waals surface area contributed by atoms with Gasteiger partial charge in [0.2, 0.25) is 4.90 Å². The van der Waals surface area contributed by atoms with Crippen LogP contribution in [-0.4, -0.2) is 57.0 Å². The third-order valence-electron chi connectivity index (χ3n) is 4.82. The van der Waals surface area contributed by atoms with Gasteiger partial charge in [-0.1, -0.05) is 12.8 Å². The number of nitro benzene ring substituents is 2. The zero-order valence-electron chi connectivity index (χ0n) is 16.4. The number of nitrogens with zero attached hydrogens (tertiary/aromatic N) is 3. The Bertz CT molecular complexity index is 946. The Balaban J connectivity index is 2.49. The fraction of sp³-hybridized carbons (Fsp3) is 0.600. The van der Waals surface area contributed by atoms with Crippen LogP contribution in [0.5, 0.6) is 0 Å². The first-order chi connectivity index (χ1) is 13.8. The summed E-state index contributed by atoms with van der Waals surface area (Å²) in [4.78, 5) is 31.0. The Hall–Kier alpha value is -1.97. The van der Waals surface area contributed by atoms with Crippen molar-refractivity contribution in [3.05, 3.63) is 37.3 Å². The van der Waals surface area contributed by atoms with Crippen LogP contribution >= 0.6 is 22.1 Å². The van der Waals surface area contributed by atoms with Crippen molar-refractivity contribution < 1.29 is 32.0 Å². The van der Waals surface area contributed by atoms with Crippen LogP contribution in [0.1, 0.15) is 25.7 Å². The van der Waals surface area contributed by atoms with Gasteiger partial charge in [-0.05, 0) is 29.4 Å². The highest BCUT2D eigenvalue weighted by atomic mass is 32.3. The van der Waals surface area contributed by atoms with Gasteiger partial charge >= 0.3 is 17.1 Å². The van der Waals surface area contributed by atoms with Crippen LogP contribution in [0.15, 0.2) is 17.0 Å². The van der Waals surface area contributed by atoms with Gasteiger partial charge in [0, 0.05) is 23.0 Å². The van der Waals surface area contributed by atoms with E-state index in [9.17, 15) is 38.1 Å². The summed E-state index contributed by atoms with van der Waals surface area (Å²) in [5, 5.41) is 22.8. The second-order valence-electron chi connectivity index (χ2n) is 7.02. The Morgan fingerprint density at radius 1 is 1.03 bits per heavy atom. The van der Waals surface area contributed by atoms with Gasteiger partial charge in [-0.25, -0.2) is 8.42 Å². The molecule has 30 heavy (non-hydrogen) atoms. The fourth-order valence-corrected chi connectivity index (χ4v) is 8.38. The quantitative estimate of drug-likeness (QED) is 0.303. The van der Waals surface area contributed by atoms with Gasteiger partial charge in [0.25, 0.3) is 4.92 Å². The number of rotatable bonds is 8. The van der Waals surface area contributed by atoms with Crippen LogP contribution in [0.4, 0.5) is 17.1 Å². The molecule has 1 saturated carbocycles. The van der Waals surface area contributed by atoms with Gasteiger partial charge in [-0.15, -0.1) is 0 Å². The molecule has 1 fully saturated rings. The van der Waals surface area contributed by atoms with Crippen LogP contribution < -0.4 is 0 Å². The number of thioether (sulfide) groups is 1. The summed E-state index contributed by atoms with van der Waals surface area (Å²) in [6.45, 7) is 0. The van der Waals surface area contributed by atoms with Crippen molar-refractivity contribution in [2.45, 2.75) is 41.1 Å². The molecule has 2 atom stereocenters. The molecule has 0 amide bonds. The van der Waals surface area contributed by atoms with Gasteiger partial charge in [0.15, 0.2) is 0 Å². The lowest BCUT2D eigenvalue weighted by molar-refractivity contribution is -0.696. The maximum absolute atomic E-state index is 12.6. The second kappa shape index (κ2) is 9.03. The Morgan fingerprint density at radius 3 is 1.97 bits per heavy atom. The van der Waals surface area contributed by atoms with Crippen LogP contribution in [0.2, 0.25) is 0 Å². The summed E-state index contributed by atoms with van der Waals surface area (Å²) >= 11 is 1.66. The first-order valence-corrected chi connectivity index (χ1v) is 13.8. The van der Waals surface area contributed by atoms with Gasteiger partial charge in [0.05, 0.1) is 14.8 Å². The van der Waals surface area contributed by atoms with Gasteiger partial charge in [0.1, 0.15) is 22.3 Å². The molecule has 0 aliphatic heterocycles. The molecule has 0 bridgehead atoms. The maximum Gasteiger partial charge on any atom is 0.331 e. The normalized spacial score (nSPS) is 20.4. The lowest BCUT2D eigenvalue weighted by atomic mass is 10.00. The van der Waals surface area contributed by atoms with Crippen LogP contribution in [-0.2, 0) is 14.4 Å². The third kappa shape index (κ3) is 5.19. The Morgan fingerprint density at radius 2 is 1.53 bits per heavy atom. The average molecular weight is 484 g/mol. The second-order valence-corrected chi connectivity index (χ2v) is 12.8. The van der Waals surface area contributed by atoms with Crippen molar-refractivity contribution in [1.82, 2.24) is 0 Å². The monoisotopic (exact) mass is 483 g/mol. The molecule has 12 nitrogen and oxygen atoms in total. The molecule has 0 radical (unpaired) electrons.